The quantitative estimate of drug-likeness (QED) is 0.639. The van der Waals surface area contributed by atoms with Crippen LogP contribution in [0.1, 0.15) is 31.9 Å². The molecule has 0 aliphatic heterocycles. The molecule has 3 nitrogen and oxygen atoms in total. The zero-order valence-electron chi connectivity index (χ0n) is 14.0. The summed E-state index contributed by atoms with van der Waals surface area (Å²) in [5.74, 6) is 0. The molecule has 0 spiro atoms. The minimum absolute atomic E-state index is 0.0360. The molecule has 0 saturated carbocycles. The van der Waals surface area contributed by atoms with E-state index in [1.54, 1.807) is 12.1 Å². The van der Waals surface area contributed by atoms with Crippen LogP contribution in [0.5, 0.6) is 0 Å². The first kappa shape index (κ1) is 19.1. The fourth-order valence-electron chi connectivity index (χ4n) is 2.20. The first-order valence-electron chi connectivity index (χ1n) is 7.52. The maximum Gasteiger partial charge on any atom is 0.418 e. The lowest BCUT2D eigenvalue weighted by Crippen LogP contribution is -2.22. The van der Waals surface area contributed by atoms with Crippen LogP contribution in [0.2, 0.25) is 5.02 Å². The minimum Gasteiger partial charge on any atom is -0.308 e. The molecule has 0 radical (unpaired) electrons. The van der Waals surface area contributed by atoms with Crippen LogP contribution in [0, 0.1) is 0 Å². The van der Waals surface area contributed by atoms with Gasteiger partial charge in [0.05, 0.1) is 11.3 Å². The summed E-state index contributed by atoms with van der Waals surface area (Å²) in [6.45, 7) is 6.17. The van der Waals surface area contributed by atoms with Crippen molar-refractivity contribution in [3.05, 3.63) is 58.6 Å². The molecular formula is C18H18ClF3N2O. The van der Waals surface area contributed by atoms with Crippen molar-refractivity contribution in [1.82, 2.24) is 0 Å². The summed E-state index contributed by atoms with van der Waals surface area (Å²) in [5, 5.41) is 4.66. The summed E-state index contributed by atoms with van der Waals surface area (Å²) in [4.78, 5) is 12.0. The molecule has 7 heteroatoms. The van der Waals surface area contributed by atoms with E-state index in [2.05, 4.69) is 31.4 Å². The van der Waals surface area contributed by atoms with E-state index in [-0.39, 0.29) is 16.1 Å². The maximum atomic E-state index is 13.0. The molecule has 2 rings (SSSR count). The number of rotatable bonds is 2. The van der Waals surface area contributed by atoms with Gasteiger partial charge in [0.2, 0.25) is 0 Å². The van der Waals surface area contributed by atoms with Gasteiger partial charge in [0.15, 0.2) is 0 Å². The van der Waals surface area contributed by atoms with Crippen molar-refractivity contribution in [3.63, 3.8) is 0 Å². The predicted octanol–water partition coefficient (Wildman–Crippen LogP) is 6.30. The summed E-state index contributed by atoms with van der Waals surface area (Å²) < 4.78 is 39.1. The molecule has 2 N–H and O–H groups in total. The first-order chi connectivity index (χ1) is 11.5. The predicted molar refractivity (Wildman–Crippen MR) is 94.2 cm³/mol. The summed E-state index contributed by atoms with van der Waals surface area (Å²) >= 11 is 5.61. The number of halogens is 4. The molecule has 2 aromatic rings. The number of carbonyl (C=O) groups excluding carboxylic acids is 1. The molecule has 134 valence electrons. The van der Waals surface area contributed by atoms with Crippen LogP contribution in [-0.4, -0.2) is 6.03 Å². The second kappa shape index (κ2) is 6.96. The zero-order valence-corrected chi connectivity index (χ0v) is 14.7. The normalized spacial score (nSPS) is 12.0. The third kappa shape index (κ3) is 5.13. The molecule has 0 bridgehead atoms. The Kier molecular flexibility index (Phi) is 5.32. The molecule has 0 aromatic heterocycles. The smallest absolute Gasteiger partial charge is 0.308 e. The Morgan fingerprint density at radius 2 is 1.56 bits per heavy atom. The number of alkyl halides is 3. The van der Waals surface area contributed by atoms with Gasteiger partial charge in [-0.2, -0.15) is 13.2 Å². The maximum absolute atomic E-state index is 13.0. The largest absolute Gasteiger partial charge is 0.418 e. The van der Waals surface area contributed by atoms with Gasteiger partial charge in [0, 0.05) is 10.7 Å². The number of carbonyl (C=O) groups is 1. The fraction of sp³-hybridized carbons (Fsp3) is 0.278. The van der Waals surface area contributed by atoms with Crippen molar-refractivity contribution in [2.24, 2.45) is 0 Å². The van der Waals surface area contributed by atoms with E-state index in [0.29, 0.717) is 5.69 Å². The van der Waals surface area contributed by atoms with Crippen LogP contribution < -0.4 is 10.6 Å². The monoisotopic (exact) mass is 370 g/mol. The van der Waals surface area contributed by atoms with Crippen molar-refractivity contribution < 1.29 is 18.0 Å². The lowest BCUT2D eigenvalue weighted by atomic mass is 9.87. The van der Waals surface area contributed by atoms with Crippen LogP contribution in [0.4, 0.5) is 29.3 Å². The van der Waals surface area contributed by atoms with Gasteiger partial charge in [0.25, 0.3) is 0 Å². The lowest BCUT2D eigenvalue weighted by Gasteiger charge is -2.19. The van der Waals surface area contributed by atoms with E-state index >= 15 is 0 Å². The Morgan fingerprint density at radius 1 is 0.960 bits per heavy atom. The average molecular weight is 371 g/mol. The van der Waals surface area contributed by atoms with Gasteiger partial charge < -0.3 is 10.6 Å². The van der Waals surface area contributed by atoms with Gasteiger partial charge in [-0.1, -0.05) is 44.5 Å². The van der Waals surface area contributed by atoms with Crippen molar-refractivity contribution >= 4 is 29.0 Å². The standard InChI is InChI=1S/C18H18ClF3N2O/c1-17(2,3)11-4-7-13(8-5-11)23-16(25)24-15-9-6-12(19)10-14(15)18(20,21)22/h4-10H,1-3H3,(H2,23,24,25). The minimum atomic E-state index is -4.62. The van der Waals surface area contributed by atoms with Crippen molar-refractivity contribution in [2.45, 2.75) is 32.4 Å². The highest BCUT2D eigenvalue weighted by atomic mass is 35.5. The highest BCUT2D eigenvalue weighted by Gasteiger charge is 2.34. The second-order valence-corrected chi connectivity index (χ2v) is 7.03. The van der Waals surface area contributed by atoms with Crippen LogP contribution in [0.25, 0.3) is 0 Å². The highest BCUT2D eigenvalue weighted by Crippen LogP contribution is 2.36. The highest BCUT2D eigenvalue weighted by molar-refractivity contribution is 6.30. The van der Waals surface area contributed by atoms with Gasteiger partial charge >= 0.3 is 12.2 Å². The van der Waals surface area contributed by atoms with Crippen molar-refractivity contribution in [2.75, 3.05) is 10.6 Å². The molecule has 0 heterocycles. The summed E-state index contributed by atoms with van der Waals surface area (Å²) in [5.41, 5.74) is 0.161. The number of hydrogen-bond acceptors (Lipinski definition) is 1. The first-order valence-corrected chi connectivity index (χ1v) is 7.90. The molecule has 2 aromatic carbocycles. The van der Waals surface area contributed by atoms with Crippen LogP contribution in [-0.2, 0) is 11.6 Å². The van der Waals surface area contributed by atoms with E-state index in [0.717, 1.165) is 17.7 Å². The average Bonchev–Trinajstić information content (AvgIpc) is 2.47. The lowest BCUT2D eigenvalue weighted by molar-refractivity contribution is -0.136. The van der Waals surface area contributed by atoms with Gasteiger partial charge in [0.1, 0.15) is 0 Å². The van der Waals surface area contributed by atoms with E-state index in [9.17, 15) is 18.0 Å². The Bertz CT molecular complexity index is 765. The van der Waals surface area contributed by atoms with Crippen LogP contribution in [0.3, 0.4) is 0 Å². The van der Waals surface area contributed by atoms with Gasteiger partial charge in [-0.15, -0.1) is 0 Å². The summed E-state index contributed by atoms with van der Waals surface area (Å²) in [6.07, 6.45) is -4.62. The summed E-state index contributed by atoms with van der Waals surface area (Å²) in [7, 11) is 0. The topological polar surface area (TPSA) is 41.1 Å². The number of nitrogens with one attached hydrogen (secondary N) is 2. The third-order valence-electron chi connectivity index (χ3n) is 3.54. The molecule has 0 aliphatic carbocycles. The van der Waals surface area contributed by atoms with Crippen LogP contribution in [0.15, 0.2) is 42.5 Å². The number of anilines is 2. The zero-order chi connectivity index (χ0) is 18.8. The molecular weight excluding hydrogens is 353 g/mol. The molecule has 2 amide bonds. The number of amides is 2. The van der Waals surface area contributed by atoms with Crippen LogP contribution >= 0.6 is 11.6 Å². The molecule has 0 aliphatic rings. The van der Waals surface area contributed by atoms with E-state index < -0.39 is 17.8 Å². The van der Waals surface area contributed by atoms with Crippen molar-refractivity contribution in [1.29, 1.82) is 0 Å². The molecule has 0 fully saturated rings. The fourth-order valence-corrected chi connectivity index (χ4v) is 2.37. The molecule has 0 atom stereocenters. The Labute approximate surface area is 149 Å². The summed E-state index contributed by atoms with van der Waals surface area (Å²) in [6, 6.07) is 9.53. The van der Waals surface area contributed by atoms with E-state index in [1.165, 1.54) is 6.07 Å². The Balaban J connectivity index is 2.13. The third-order valence-corrected chi connectivity index (χ3v) is 3.78. The molecule has 25 heavy (non-hydrogen) atoms. The SMILES string of the molecule is CC(C)(C)c1ccc(NC(=O)Nc2ccc(Cl)cc2C(F)(F)F)cc1. The van der Waals surface area contributed by atoms with E-state index in [1.807, 2.05) is 12.1 Å². The Morgan fingerprint density at radius 3 is 2.08 bits per heavy atom. The number of benzene rings is 2. The molecule has 0 saturated heterocycles. The van der Waals surface area contributed by atoms with Gasteiger partial charge in [-0.25, -0.2) is 4.79 Å². The van der Waals surface area contributed by atoms with Gasteiger partial charge in [-0.05, 0) is 41.3 Å². The molecule has 0 unspecified atom stereocenters. The van der Waals surface area contributed by atoms with E-state index in [4.69, 9.17) is 11.6 Å². The number of urea groups is 1. The second-order valence-electron chi connectivity index (χ2n) is 6.59. The van der Waals surface area contributed by atoms with Crippen molar-refractivity contribution in [3.8, 4) is 0 Å². The van der Waals surface area contributed by atoms with Gasteiger partial charge in [-0.3, -0.25) is 0 Å². The number of hydrogen-bond donors (Lipinski definition) is 2. The Hall–Kier alpha value is -2.21.